The zero-order chi connectivity index (χ0) is 15.0. The number of nitrogens with zero attached hydrogens (tertiary/aromatic N) is 4. The maximum Gasteiger partial charge on any atom is 0.261 e. The number of carbonyl (C=O) groups is 1. The van der Waals surface area contributed by atoms with E-state index in [0.717, 1.165) is 23.5 Å². The number of anilines is 3. The van der Waals surface area contributed by atoms with Crippen molar-refractivity contribution in [1.82, 2.24) is 9.97 Å². The number of aromatic nitrogens is 2. The number of hydrogen-bond donors (Lipinski definition) is 0. The van der Waals surface area contributed by atoms with Gasteiger partial charge in [0, 0.05) is 26.0 Å². The molecule has 0 bridgehead atoms. The lowest BCUT2D eigenvalue weighted by molar-refractivity contribution is 0.0994. The van der Waals surface area contributed by atoms with Gasteiger partial charge in [-0.15, -0.1) is 0 Å². The van der Waals surface area contributed by atoms with Crippen molar-refractivity contribution in [2.75, 3.05) is 23.4 Å². The molecule has 0 saturated carbocycles. The van der Waals surface area contributed by atoms with Crippen LogP contribution in [-0.2, 0) is 6.42 Å². The SMILES string of the molecule is CCc1cnc2c(c1)C(=O)N(C)c1cccnc1N2CC. The van der Waals surface area contributed by atoms with Crippen LogP contribution in [0.5, 0.6) is 0 Å². The van der Waals surface area contributed by atoms with Crippen LogP contribution in [0.1, 0.15) is 29.8 Å². The van der Waals surface area contributed by atoms with Crippen molar-refractivity contribution in [2.45, 2.75) is 20.3 Å². The lowest BCUT2D eigenvalue weighted by Crippen LogP contribution is -2.25. The van der Waals surface area contributed by atoms with Gasteiger partial charge < -0.3 is 9.80 Å². The number of aryl methyl sites for hydroxylation is 1. The average Bonchev–Trinajstić information content (AvgIpc) is 2.62. The van der Waals surface area contributed by atoms with Gasteiger partial charge >= 0.3 is 0 Å². The summed E-state index contributed by atoms with van der Waals surface area (Å²) < 4.78 is 0. The van der Waals surface area contributed by atoms with Gasteiger partial charge in [-0.05, 0) is 37.1 Å². The molecule has 1 amide bonds. The lowest BCUT2D eigenvalue weighted by Gasteiger charge is -2.22. The predicted octanol–water partition coefficient (Wildman–Crippen LogP) is 2.79. The minimum absolute atomic E-state index is 0.0435. The monoisotopic (exact) mass is 282 g/mol. The van der Waals surface area contributed by atoms with Crippen LogP contribution in [0.3, 0.4) is 0 Å². The summed E-state index contributed by atoms with van der Waals surface area (Å²) in [7, 11) is 1.78. The van der Waals surface area contributed by atoms with Crippen molar-refractivity contribution in [1.29, 1.82) is 0 Å². The first kappa shape index (κ1) is 13.5. The minimum atomic E-state index is -0.0435. The zero-order valence-electron chi connectivity index (χ0n) is 12.5. The van der Waals surface area contributed by atoms with E-state index in [0.29, 0.717) is 17.9 Å². The molecule has 108 valence electrons. The van der Waals surface area contributed by atoms with Gasteiger partial charge in [-0.3, -0.25) is 4.79 Å². The fourth-order valence-corrected chi connectivity index (χ4v) is 2.61. The van der Waals surface area contributed by atoms with Gasteiger partial charge in [0.25, 0.3) is 5.91 Å². The molecular formula is C16H18N4O. The molecule has 0 atom stereocenters. The van der Waals surface area contributed by atoms with Crippen LogP contribution in [-0.4, -0.2) is 29.5 Å². The molecule has 3 heterocycles. The number of hydrogen-bond acceptors (Lipinski definition) is 4. The highest BCUT2D eigenvalue weighted by atomic mass is 16.2. The maximum absolute atomic E-state index is 12.8. The Kier molecular flexibility index (Phi) is 3.33. The van der Waals surface area contributed by atoms with Crippen molar-refractivity contribution >= 4 is 23.2 Å². The second-order valence-electron chi connectivity index (χ2n) is 5.02. The van der Waals surface area contributed by atoms with Gasteiger partial charge in [-0.2, -0.15) is 0 Å². The molecule has 0 radical (unpaired) electrons. The molecule has 5 heteroatoms. The lowest BCUT2D eigenvalue weighted by atomic mass is 10.1. The second-order valence-corrected chi connectivity index (χ2v) is 5.02. The quantitative estimate of drug-likeness (QED) is 0.850. The molecule has 5 nitrogen and oxygen atoms in total. The fraction of sp³-hybridized carbons (Fsp3) is 0.312. The van der Waals surface area contributed by atoms with Crippen LogP contribution in [0.2, 0.25) is 0 Å². The first-order valence-electron chi connectivity index (χ1n) is 7.16. The van der Waals surface area contributed by atoms with Gasteiger partial charge in [0.1, 0.15) is 5.82 Å². The molecule has 0 saturated heterocycles. The Balaban J connectivity index is 2.28. The van der Waals surface area contributed by atoms with E-state index in [4.69, 9.17) is 0 Å². The summed E-state index contributed by atoms with van der Waals surface area (Å²) in [6.45, 7) is 4.80. The van der Waals surface area contributed by atoms with Gasteiger partial charge in [-0.1, -0.05) is 6.92 Å². The minimum Gasteiger partial charge on any atom is -0.309 e. The van der Waals surface area contributed by atoms with Gasteiger partial charge in [0.15, 0.2) is 5.82 Å². The first-order chi connectivity index (χ1) is 10.2. The second kappa shape index (κ2) is 5.16. The van der Waals surface area contributed by atoms with E-state index >= 15 is 0 Å². The molecule has 2 aromatic heterocycles. The highest BCUT2D eigenvalue weighted by Gasteiger charge is 2.30. The van der Waals surface area contributed by atoms with Gasteiger partial charge in [0.05, 0.1) is 11.3 Å². The molecule has 0 aliphatic carbocycles. The summed E-state index contributed by atoms with van der Waals surface area (Å²) in [5.74, 6) is 1.41. The zero-order valence-corrected chi connectivity index (χ0v) is 12.5. The smallest absolute Gasteiger partial charge is 0.261 e. The molecule has 1 aliphatic heterocycles. The Hall–Kier alpha value is -2.43. The number of rotatable bonds is 2. The van der Waals surface area contributed by atoms with E-state index < -0.39 is 0 Å². The molecule has 0 N–H and O–H groups in total. The molecule has 0 fully saturated rings. The third-order valence-corrected chi connectivity index (χ3v) is 3.82. The van der Waals surface area contributed by atoms with Crippen LogP contribution < -0.4 is 9.80 Å². The number of fused-ring (bicyclic) bond motifs is 2. The van der Waals surface area contributed by atoms with Crippen molar-refractivity contribution in [3.8, 4) is 0 Å². The average molecular weight is 282 g/mol. The Morgan fingerprint density at radius 1 is 1.19 bits per heavy atom. The van der Waals surface area contributed by atoms with Crippen molar-refractivity contribution < 1.29 is 4.79 Å². The Labute approximate surface area is 124 Å². The largest absolute Gasteiger partial charge is 0.309 e. The molecule has 0 unspecified atom stereocenters. The van der Waals surface area contributed by atoms with Gasteiger partial charge in [0.2, 0.25) is 0 Å². The highest BCUT2D eigenvalue weighted by Crippen LogP contribution is 2.37. The van der Waals surface area contributed by atoms with E-state index in [9.17, 15) is 4.79 Å². The Morgan fingerprint density at radius 3 is 2.71 bits per heavy atom. The third-order valence-electron chi connectivity index (χ3n) is 3.82. The summed E-state index contributed by atoms with van der Waals surface area (Å²) in [5.41, 5.74) is 2.50. The number of pyridine rings is 2. The van der Waals surface area contributed by atoms with Crippen molar-refractivity contribution in [2.24, 2.45) is 0 Å². The summed E-state index contributed by atoms with van der Waals surface area (Å²) in [6.07, 6.45) is 4.43. The standard InChI is InChI=1S/C16H18N4O/c1-4-11-9-12-14(18-10-11)20(5-2)15-13(7-6-8-17-15)19(3)16(12)21/h6-10H,4-5H2,1-3H3. The summed E-state index contributed by atoms with van der Waals surface area (Å²) in [4.78, 5) is 25.4. The van der Waals surface area contributed by atoms with E-state index in [1.165, 1.54) is 0 Å². The third kappa shape index (κ3) is 2.05. The highest BCUT2D eigenvalue weighted by molar-refractivity contribution is 6.12. The Morgan fingerprint density at radius 2 is 2.00 bits per heavy atom. The van der Waals surface area contributed by atoms with Crippen LogP contribution in [0.4, 0.5) is 17.3 Å². The topological polar surface area (TPSA) is 49.3 Å². The van der Waals surface area contributed by atoms with Crippen molar-refractivity contribution in [3.63, 3.8) is 0 Å². The number of amides is 1. The summed E-state index contributed by atoms with van der Waals surface area (Å²) in [5, 5.41) is 0. The molecule has 2 aromatic rings. The van der Waals surface area contributed by atoms with E-state index in [2.05, 4.69) is 16.9 Å². The molecule has 1 aliphatic rings. The van der Waals surface area contributed by atoms with Crippen LogP contribution in [0.15, 0.2) is 30.6 Å². The molecule has 0 aromatic carbocycles. The van der Waals surface area contributed by atoms with E-state index in [1.54, 1.807) is 18.1 Å². The molecule has 0 spiro atoms. The fourth-order valence-electron chi connectivity index (χ4n) is 2.61. The predicted molar refractivity (Wildman–Crippen MR) is 83.3 cm³/mol. The molecule has 3 rings (SSSR count). The normalized spacial score (nSPS) is 13.8. The van der Waals surface area contributed by atoms with E-state index in [-0.39, 0.29) is 5.91 Å². The molecular weight excluding hydrogens is 264 g/mol. The van der Waals surface area contributed by atoms with Crippen LogP contribution in [0, 0.1) is 0 Å². The number of carbonyl (C=O) groups excluding carboxylic acids is 1. The van der Waals surface area contributed by atoms with E-state index in [1.807, 2.05) is 36.2 Å². The van der Waals surface area contributed by atoms with Gasteiger partial charge in [-0.25, -0.2) is 9.97 Å². The summed E-state index contributed by atoms with van der Waals surface area (Å²) >= 11 is 0. The first-order valence-corrected chi connectivity index (χ1v) is 7.16. The summed E-state index contributed by atoms with van der Waals surface area (Å²) in [6, 6.07) is 5.70. The van der Waals surface area contributed by atoms with Crippen molar-refractivity contribution in [3.05, 3.63) is 41.7 Å². The van der Waals surface area contributed by atoms with Crippen LogP contribution >= 0.6 is 0 Å². The molecule has 21 heavy (non-hydrogen) atoms. The Bertz CT molecular complexity index is 698. The maximum atomic E-state index is 12.8. The van der Waals surface area contributed by atoms with Crippen LogP contribution in [0.25, 0.3) is 0 Å².